The van der Waals surface area contributed by atoms with Crippen LogP contribution in [0.4, 0.5) is 18.9 Å². The van der Waals surface area contributed by atoms with E-state index in [9.17, 15) is 18.0 Å². The van der Waals surface area contributed by atoms with E-state index in [1.165, 1.54) is 42.4 Å². The first-order valence-electron chi connectivity index (χ1n) is 8.55. The number of benzene rings is 1. The van der Waals surface area contributed by atoms with Crippen molar-refractivity contribution < 1.29 is 22.7 Å². The quantitative estimate of drug-likeness (QED) is 0.508. The molecule has 3 heterocycles. The zero-order chi connectivity index (χ0) is 22.0. The van der Waals surface area contributed by atoms with Crippen molar-refractivity contribution in [3.05, 3.63) is 60.2 Å². The van der Waals surface area contributed by atoms with Crippen molar-refractivity contribution in [2.24, 2.45) is 0 Å². The van der Waals surface area contributed by atoms with Crippen LogP contribution in [0.2, 0.25) is 0 Å². The summed E-state index contributed by atoms with van der Waals surface area (Å²) in [6.45, 7) is 0. The molecule has 0 saturated carbocycles. The summed E-state index contributed by atoms with van der Waals surface area (Å²) in [7, 11) is 1.34. The first kappa shape index (κ1) is 19.9. The molecule has 0 aliphatic rings. The van der Waals surface area contributed by atoms with Crippen molar-refractivity contribution in [1.82, 2.24) is 40.2 Å². The molecule has 0 spiro atoms. The number of amides is 1. The summed E-state index contributed by atoms with van der Waals surface area (Å²) in [4.78, 5) is 12.6. The second-order valence-corrected chi connectivity index (χ2v) is 6.01. The van der Waals surface area contributed by atoms with E-state index in [2.05, 4.69) is 36.1 Å². The molecule has 1 amide bonds. The standard InChI is InChI=1S/C17H12F3N9O2/c1-31-14-7-6-13(24-25-14)29-15(17(18,19)20)12(8-22-29)16(30)23-10-2-4-11(5-3-10)28-9-21-26-27-28/h2-9H,1H3,(H,23,30). The van der Waals surface area contributed by atoms with Crippen LogP contribution in [0.5, 0.6) is 5.88 Å². The molecular weight excluding hydrogens is 419 g/mol. The molecule has 0 unspecified atom stereocenters. The molecular formula is C17H12F3N9O2. The molecule has 0 saturated heterocycles. The first-order valence-corrected chi connectivity index (χ1v) is 8.55. The molecule has 3 aromatic heterocycles. The monoisotopic (exact) mass is 431 g/mol. The number of ether oxygens (including phenoxy) is 1. The first-order chi connectivity index (χ1) is 14.9. The Bertz CT molecular complexity index is 1190. The number of aromatic nitrogens is 8. The zero-order valence-electron chi connectivity index (χ0n) is 15.6. The normalized spacial score (nSPS) is 11.4. The molecule has 31 heavy (non-hydrogen) atoms. The number of carbonyl (C=O) groups excluding carboxylic acids is 1. The fourth-order valence-electron chi connectivity index (χ4n) is 2.67. The van der Waals surface area contributed by atoms with Gasteiger partial charge < -0.3 is 10.1 Å². The molecule has 0 aliphatic heterocycles. The van der Waals surface area contributed by atoms with Crippen LogP contribution >= 0.6 is 0 Å². The van der Waals surface area contributed by atoms with Crippen molar-refractivity contribution in [3.8, 4) is 17.4 Å². The number of rotatable bonds is 5. The maximum absolute atomic E-state index is 13.7. The molecule has 4 aromatic rings. The predicted octanol–water partition coefficient (Wildman–Crippen LogP) is 1.92. The van der Waals surface area contributed by atoms with Crippen molar-refractivity contribution in [2.45, 2.75) is 6.18 Å². The number of nitrogens with zero attached hydrogens (tertiary/aromatic N) is 8. The summed E-state index contributed by atoms with van der Waals surface area (Å²) in [5.41, 5.74) is -1.08. The molecule has 1 N–H and O–H groups in total. The number of nitrogens with one attached hydrogen (secondary N) is 1. The Kier molecular flexibility index (Phi) is 5.02. The second-order valence-electron chi connectivity index (χ2n) is 6.01. The van der Waals surface area contributed by atoms with Gasteiger partial charge in [0.05, 0.1) is 24.6 Å². The number of anilines is 1. The smallest absolute Gasteiger partial charge is 0.434 e. The van der Waals surface area contributed by atoms with E-state index in [1.54, 1.807) is 12.1 Å². The molecule has 0 aliphatic carbocycles. The van der Waals surface area contributed by atoms with E-state index < -0.39 is 23.3 Å². The van der Waals surface area contributed by atoms with Crippen molar-refractivity contribution in [1.29, 1.82) is 0 Å². The molecule has 11 nitrogen and oxygen atoms in total. The second kappa shape index (κ2) is 7.81. The van der Waals surface area contributed by atoms with Crippen LogP contribution in [0.15, 0.2) is 48.9 Å². The van der Waals surface area contributed by atoms with Crippen LogP contribution in [0.1, 0.15) is 16.1 Å². The molecule has 14 heteroatoms. The highest BCUT2D eigenvalue weighted by Crippen LogP contribution is 2.33. The van der Waals surface area contributed by atoms with Gasteiger partial charge in [0.25, 0.3) is 5.91 Å². The molecule has 0 bridgehead atoms. The predicted molar refractivity (Wildman–Crippen MR) is 97.8 cm³/mol. The van der Waals surface area contributed by atoms with Gasteiger partial charge in [0, 0.05) is 11.8 Å². The summed E-state index contributed by atoms with van der Waals surface area (Å²) in [5.74, 6) is -1.10. The topological polar surface area (TPSA) is 126 Å². The minimum atomic E-state index is -4.88. The fraction of sp³-hybridized carbons (Fsp3) is 0.118. The summed E-state index contributed by atoms with van der Waals surface area (Å²) >= 11 is 0. The Balaban J connectivity index is 1.62. The summed E-state index contributed by atoms with van der Waals surface area (Å²) in [5, 5.41) is 24.1. The minimum Gasteiger partial charge on any atom is -0.480 e. The van der Waals surface area contributed by atoms with Gasteiger partial charge in [-0.3, -0.25) is 4.79 Å². The van der Waals surface area contributed by atoms with Crippen molar-refractivity contribution in [2.75, 3.05) is 12.4 Å². The number of alkyl halides is 3. The SMILES string of the molecule is COc1ccc(-n2ncc(C(=O)Nc3ccc(-n4cnnn4)cc3)c2C(F)(F)F)nn1. The van der Waals surface area contributed by atoms with E-state index in [4.69, 9.17) is 4.74 Å². The largest absolute Gasteiger partial charge is 0.480 e. The third kappa shape index (κ3) is 4.03. The molecule has 0 radical (unpaired) electrons. The van der Waals surface area contributed by atoms with Gasteiger partial charge in [-0.1, -0.05) is 0 Å². The lowest BCUT2D eigenvalue weighted by atomic mass is 10.2. The van der Waals surface area contributed by atoms with Gasteiger partial charge in [-0.15, -0.1) is 15.3 Å². The zero-order valence-corrected chi connectivity index (χ0v) is 15.6. The van der Waals surface area contributed by atoms with Crippen molar-refractivity contribution in [3.63, 3.8) is 0 Å². The van der Waals surface area contributed by atoms with Gasteiger partial charge in [-0.25, -0.2) is 9.36 Å². The van der Waals surface area contributed by atoms with Gasteiger partial charge in [-0.2, -0.15) is 18.3 Å². The fourth-order valence-corrected chi connectivity index (χ4v) is 2.67. The lowest BCUT2D eigenvalue weighted by Crippen LogP contribution is -2.21. The van der Waals surface area contributed by atoms with E-state index in [0.717, 1.165) is 6.20 Å². The van der Waals surface area contributed by atoms with Gasteiger partial charge in [0.1, 0.15) is 6.33 Å². The highest BCUT2D eigenvalue weighted by Gasteiger charge is 2.41. The Morgan fingerprint density at radius 1 is 1.10 bits per heavy atom. The lowest BCUT2D eigenvalue weighted by Gasteiger charge is -2.12. The Labute approximate surface area is 171 Å². The molecule has 1 aromatic carbocycles. The molecule has 158 valence electrons. The Hall–Kier alpha value is -4.36. The van der Waals surface area contributed by atoms with Crippen LogP contribution in [-0.2, 0) is 6.18 Å². The minimum absolute atomic E-state index is 0.118. The summed E-state index contributed by atoms with van der Waals surface area (Å²) in [6, 6.07) is 8.76. The van der Waals surface area contributed by atoms with Crippen LogP contribution in [-0.4, -0.2) is 53.2 Å². The molecule has 0 atom stereocenters. The third-order valence-electron chi connectivity index (χ3n) is 4.07. The van der Waals surface area contributed by atoms with E-state index in [-0.39, 0.29) is 17.4 Å². The van der Waals surface area contributed by atoms with E-state index in [1.807, 2.05) is 0 Å². The number of hydrogen-bond acceptors (Lipinski definition) is 8. The van der Waals surface area contributed by atoms with E-state index in [0.29, 0.717) is 10.4 Å². The van der Waals surface area contributed by atoms with Crippen molar-refractivity contribution >= 4 is 11.6 Å². The number of carbonyl (C=O) groups is 1. The summed E-state index contributed by atoms with van der Waals surface area (Å²) in [6.07, 6.45) is -2.69. The number of methoxy groups -OCH3 is 1. The lowest BCUT2D eigenvalue weighted by molar-refractivity contribution is -0.143. The number of tetrazole rings is 1. The average Bonchev–Trinajstić information content (AvgIpc) is 3.44. The van der Waals surface area contributed by atoms with Crippen LogP contribution in [0.25, 0.3) is 11.5 Å². The average molecular weight is 431 g/mol. The molecule has 4 rings (SSSR count). The van der Waals surface area contributed by atoms with Gasteiger partial charge in [0.2, 0.25) is 5.88 Å². The molecule has 0 fully saturated rings. The highest BCUT2D eigenvalue weighted by molar-refractivity contribution is 6.05. The Morgan fingerprint density at radius 3 is 2.45 bits per heavy atom. The van der Waals surface area contributed by atoms with Gasteiger partial charge in [0.15, 0.2) is 11.5 Å². The number of hydrogen-bond donors (Lipinski definition) is 1. The van der Waals surface area contributed by atoms with Gasteiger partial charge >= 0.3 is 6.18 Å². The van der Waals surface area contributed by atoms with Crippen LogP contribution in [0, 0.1) is 0 Å². The summed E-state index contributed by atoms with van der Waals surface area (Å²) < 4.78 is 48.0. The van der Waals surface area contributed by atoms with E-state index >= 15 is 0 Å². The van der Waals surface area contributed by atoms with Gasteiger partial charge in [-0.05, 0) is 40.8 Å². The van der Waals surface area contributed by atoms with Crippen LogP contribution in [0.3, 0.4) is 0 Å². The Morgan fingerprint density at radius 2 is 1.87 bits per heavy atom. The maximum Gasteiger partial charge on any atom is 0.434 e. The maximum atomic E-state index is 13.7. The number of halogens is 3. The van der Waals surface area contributed by atoms with Crippen LogP contribution < -0.4 is 10.1 Å². The highest BCUT2D eigenvalue weighted by atomic mass is 19.4. The third-order valence-corrected chi connectivity index (χ3v) is 4.07.